The smallest absolute Gasteiger partial charge is 0.182 e. The highest BCUT2D eigenvalue weighted by Gasteiger charge is 2.09. The number of aromatic amines is 1. The van der Waals surface area contributed by atoms with Gasteiger partial charge in [0.05, 0.1) is 16.1 Å². The molecule has 0 radical (unpaired) electrons. The third kappa shape index (κ3) is 2.24. The van der Waals surface area contributed by atoms with E-state index in [-0.39, 0.29) is 0 Å². The highest BCUT2D eigenvalue weighted by atomic mass is 79.9. The number of imidazole rings is 1. The van der Waals surface area contributed by atoms with Gasteiger partial charge in [-0.05, 0) is 55.0 Å². The van der Waals surface area contributed by atoms with E-state index in [1.165, 1.54) is 5.56 Å². The fourth-order valence-electron chi connectivity index (χ4n) is 2.20. The van der Waals surface area contributed by atoms with Gasteiger partial charge in [0, 0.05) is 10.2 Å². The number of fused-ring (bicyclic) bond motifs is 1. The SMILES string of the molecule is Cc1cc(Br)cc(-n2c(=S)[nH]c3c(Cl)cccc32)c1. The molecule has 0 aliphatic rings. The molecule has 1 N–H and O–H groups in total. The lowest BCUT2D eigenvalue weighted by Gasteiger charge is -2.07. The van der Waals surface area contributed by atoms with Crippen molar-refractivity contribution < 1.29 is 0 Å². The Morgan fingerprint density at radius 2 is 2.05 bits per heavy atom. The lowest BCUT2D eigenvalue weighted by Crippen LogP contribution is -1.94. The van der Waals surface area contributed by atoms with Crippen LogP contribution in [0.5, 0.6) is 0 Å². The third-order valence-corrected chi connectivity index (χ3v) is 4.01. The summed E-state index contributed by atoms with van der Waals surface area (Å²) in [5.41, 5.74) is 4.04. The quantitative estimate of drug-likeness (QED) is 0.580. The molecule has 0 unspecified atom stereocenters. The van der Waals surface area contributed by atoms with Crippen molar-refractivity contribution in [3.63, 3.8) is 0 Å². The number of para-hydroxylation sites is 1. The molecule has 0 spiro atoms. The number of nitrogens with zero attached hydrogens (tertiary/aromatic N) is 1. The summed E-state index contributed by atoms with van der Waals surface area (Å²) in [4.78, 5) is 3.16. The Morgan fingerprint density at radius 1 is 1.26 bits per heavy atom. The van der Waals surface area contributed by atoms with Crippen LogP contribution >= 0.6 is 39.7 Å². The first-order valence-corrected chi connectivity index (χ1v) is 7.31. The predicted molar refractivity (Wildman–Crippen MR) is 85.9 cm³/mol. The molecule has 2 aromatic carbocycles. The van der Waals surface area contributed by atoms with Gasteiger partial charge >= 0.3 is 0 Å². The molecule has 0 bridgehead atoms. The first-order valence-electron chi connectivity index (χ1n) is 5.73. The van der Waals surface area contributed by atoms with Crippen LogP contribution in [0.25, 0.3) is 16.7 Å². The number of hydrogen-bond donors (Lipinski definition) is 1. The summed E-state index contributed by atoms with van der Waals surface area (Å²) in [5.74, 6) is 0. The Hall–Kier alpha value is -1.10. The number of benzene rings is 2. The normalized spacial score (nSPS) is 11.1. The number of aromatic nitrogens is 2. The second kappa shape index (κ2) is 4.78. The van der Waals surface area contributed by atoms with Gasteiger partial charge in [-0.1, -0.05) is 33.6 Å². The molecular weight excluding hydrogens is 344 g/mol. The predicted octanol–water partition coefficient (Wildman–Crippen LogP) is 5.41. The first kappa shape index (κ1) is 12.9. The summed E-state index contributed by atoms with van der Waals surface area (Å²) in [6, 6.07) is 12.0. The van der Waals surface area contributed by atoms with Gasteiger partial charge in [0.2, 0.25) is 0 Å². The average Bonchev–Trinajstić information content (AvgIpc) is 2.65. The standard InChI is InChI=1S/C14H10BrClN2S/c1-8-5-9(15)7-10(6-8)18-12-4-2-3-11(16)13(12)17-14(18)19/h2-7H,1H3,(H,17,19). The highest BCUT2D eigenvalue weighted by Crippen LogP contribution is 2.27. The maximum absolute atomic E-state index is 6.19. The van der Waals surface area contributed by atoms with Crippen LogP contribution in [0.15, 0.2) is 40.9 Å². The molecule has 96 valence electrons. The molecule has 0 atom stereocenters. The van der Waals surface area contributed by atoms with Crippen LogP contribution in [0.2, 0.25) is 5.02 Å². The number of nitrogens with one attached hydrogen (secondary N) is 1. The lowest BCUT2D eigenvalue weighted by atomic mass is 10.2. The molecule has 0 amide bonds. The van der Waals surface area contributed by atoms with E-state index in [1.54, 1.807) is 0 Å². The Morgan fingerprint density at radius 3 is 2.79 bits per heavy atom. The van der Waals surface area contributed by atoms with E-state index in [9.17, 15) is 0 Å². The van der Waals surface area contributed by atoms with Gasteiger partial charge in [-0.25, -0.2) is 0 Å². The molecule has 0 saturated carbocycles. The van der Waals surface area contributed by atoms with Gasteiger partial charge in [-0.3, -0.25) is 4.57 Å². The summed E-state index contributed by atoms with van der Waals surface area (Å²) < 4.78 is 3.66. The largest absolute Gasteiger partial charge is 0.329 e. The minimum Gasteiger partial charge on any atom is -0.329 e. The highest BCUT2D eigenvalue weighted by molar-refractivity contribution is 9.10. The number of aryl methyl sites for hydroxylation is 1. The molecule has 0 saturated heterocycles. The molecule has 2 nitrogen and oxygen atoms in total. The fourth-order valence-corrected chi connectivity index (χ4v) is 3.32. The number of hydrogen-bond acceptors (Lipinski definition) is 1. The molecule has 1 heterocycles. The van der Waals surface area contributed by atoms with Crippen molar-refractivity contribution in [3.05, 3.63) is 56.2 Å². The monoisotopic (exact) mass is 352 g/mol. The van der Waals surface area contributed by atoms with Crippen molar-refractivity contribution in [2.45, 2.75) is 6.92 Å². The second-order valence-electron chi connectivity index (χ2n) is 4.39. The summed E-state index contributed by atoms with van der Waals surface area (Å²) in [5, 5.41) is 0.675. The summed E-state index contributed by atoms with van der Waals surface area (Å²) in [7, 11) is 0. The molecule has 0 aliphatic carbocycles. The van der Waals surface area contributed by atoms with Gasteiger partial charge in [-0.2, -0.15) is 0 Å². The van der Waals surface area contributed by atoms with E-state index in [2.05, 4.69) is 40.0 Å². The van der Waals surface area contributed by atoms with Crippen molar-refractivity contribution in [3.8, 4) is 5.69 Å². The minimum absolute atomic E-state index is 0.639. The van der Waals surface area contributed by atoms with Crippen LogP contribution in [-0.2, 0) is 0 Å². The van der Waals surface area contributed by atoms with Crippen molar-refractivity contribution >= 4 is 50.8 Å². The van der Waals surface area contributed by atoms with Crippen LogP contribution < -0.4 is 0 Å². The minimum atomic E-state index is 0.639. The van der Waals surface area contributed by atoms with Gasteiger partial charge in [-0.15, -0.1) is 0 Å². The van der Waals surface area contributed by atoms with Crippen LogP contribution in [0.4, 0.5) is 0 Å². The molecule has 3 aromatic rings. The van der Waals surface area contributed by atoms with Crippen molar-refractivity contribution in [2.24, 2.45) is 0 Å². The Kier molecular flexibility index (Phi) is 3.25. The average molecular weight is 354 g/mol. The topological polar surface area (TPSA) is 20.7 Å². The first-order chi connectivity index (χ1) is 9.06. The summed E-state index contributed by atoms with van der Waals surface area (Å²) >= 11 is 15.1. The molecule has 19 heavy (non-hydrogen) atoms. The lowest BCUT2D eigenvalue weighted by molar-refractivity contribution is 1.06. The fraction of sp³-hybridized carbons (Fsp3) is 0.0714. The second-order valence-corrected chi connectivity index (χ2v) is 6.10. The third-order valence-electron chi connectivity index (χ3n) is 2.95. The van der Waals surface area contributed by atoms with Gasteiger partial charge in [0.25, 0.3) is 0 Å². The van der Waals surface area contributed by atoms with E-state index in [0.29, 0.717) is 9.79 Å². The zero-order valence-electron chi connectivity index (χ0n) is 10.1. The van der Waals surface area contributed by atoms with Crippen LogP contribution in [-0.4, -0.2) is 9.55 Å². The number of H-pyrrole nitrogens is 1. The molecule has 0 aliphatic heterocycles. The van der Waals surface area contributed by atoms with E-state index < -0.39 is 0 Å². The Labute approximate surface area is 129 Å². The van der Waals surface area contributed by atoms with Crippen molar-refractivity contribution in [1.82, 2.24) is 9.55 Å². The molecule has 5 heteroatoms. The van der Waals surface area contributed by atoms with Gasteiger partial charge in [0.15, 0.2) is 4.77 Å². The molecule has 3 rings (SSSR count). The molecule has 0 fully saturated rings. The van der Waals surface area contributed by atoms with E-state index in [1.807, 2.05) is 28.8 Å². The van der Waals surface area contributed by atoms with E-state index >= 15 is 0 Å². The summed E-state index contributed by atoms with van der Waals surface area (Å²) in [6.45, 7) is 2.06. The van der Waals surface area contributed by atoms with Crippen LogP contribution in [0.3, 0.4) is 0 Å². The number of halogens is 2. The molecular formula is C14H10BrClN2S. The van der Waals surface area contributed by atoms with Gasteiger partial charge < -0.3 is 4.98 Å². The Bertz CT molecular complexity index is 815. The Balaban J connectivity index is 2.39. The maximum atomic E-state index is 6.19. The zero-order valence-corrected chi connectivity index (χ0v) is 13.2. The maximum Gasteiger partial charge on any atom is 0.182 e. The van der Waals surface area contributed by atoms with Crippen LogP contribution in [0.1, 0.15) is 5.56 Å². The van der Waals surface area contributed by atoms with E-state index in [0.717, 1.165) is 21.2 Å². The van der Waals surface area contributed by atoms with Gasteiger partial charge in [0.1, 0.15) is 0 Å². The van der Waals surface area contributed by atoms with Crippen LogP contribution in [0, 0.1) is 11.7 Å². The molecule has 1 aromatic heterocycles. The number of rotatable bonds is 1. The zero-order chi connectivity index (χ0) is 13.6. The van der Waals surface area contributed by atoms with Crippen molar-refractivity contribution in [2.75, 3.05) is 0 Å². The van der Waals surface area contributed by atoms with E-state index in [4.69, 9.17) is 23.8 Å². The summed E-state index contributed by atoms with van der Waals surface area (Å²) in [6.07, 6.45) is 0. The van der Waals surface area contributed by atoms with Crippen molar-refractivity contribution in [1.29, 1.82) is 0 Å².